The van der Waals surface area contributed by atoms with Crippen molar-refractivity contribution in [3.8, 4) is 0 Å². The van der Waals surface area contributed by atoms with E-state index in [-0.39, 0.29) is 0 Å². The molecule has 1 heteroatoms. The number of nitrogens with zero attached hydrogens (tertiary/aromatic N) is 1. The van der Waals surface area contributed by atoms with Crippen LogP contribution in [0.2, 0.25) is 0 Å². The van der Waals surface area contributed by atoms with Gasteiger partial charge in [0.05, 0.1) is 5.92 Å². The zero-order chi connectivity index (χ0) is 14.8. The highest BCUT2D eigenvalue weighted by atomic mass is 15.0. The normalized spacial score (nSPS) is 19.8. The average molecular weight is 286 g/mol. The Morgan fingerprint density at radius 3 is 2.14 bits per heavy atom. The number of fused-ring (bicyclic) bond motifs is 1. The van der Waals surface area contributed by atoms with Crippen LogP contribution in [0.4, 0.5) is 0 Å². The summed E-state index contributed by atoms with van der Waals surface area (Å²) in [6.45, 7) is 1.08. The minimum atomic E-state index is 0.304. The fraction of sp³-hybridized carbons (Fsp3) is 0.190. The topological polar surface area (TPSA) is 3.01 Å². The molecule has 4 rings (SSSR count). The first kappa shape index (κ1) is 13.3. The summed E-state index contributed by atoms with van der Waals surface area (Å²) < 4.78 is 2.52. The van der Waals surface area contributed by atoms with Crippen LogP contribution in [-0.4, -0.2) is 17.3 Å². The maximum atomic E-state index is 2.52. The van der Waals surface area contributed by atoms with Gasteiger partial charge in [0.1, 0.15) is 6.54 Å². The van der Waals surface area contributed by atoms with Gasteiger partial charge in [0.15, 0.2) is 6.21 Å². The van der Waals surface area contributed by atoms with Crippen molar-refractivity contribution < 1.29 is 4.58 Å². The molecule has 0 fully saturated rings. The van der Waals surface area contributed by atoms with Crippen molar-refractivity contribution in [2.24, 2.45) is 5.92 Å². The van der Waals surface area contributed by atoms with Crippen molar-refractivity contribution in [1.29, 1.82) is 0 Å². The molecule has 0 radical (unpaired) electrons. The average Bonchev–Trinajstić information content (AvgIpc) is 3.05. The van der Waals surface area contributed by atoms with E-state index in [9.17, 15) is 0 Å². The van der Waals surface area contributed by atoms with Gasteiger partial charge >= 0.3 is 0 Å². The summed E-state index contributed by atoms with van der Waals surface area (Å²) in [5, 5.41) is 0. The molecule has 1 aliphatic carbocycles. The number of hydrogen-bond donors (Lipinski definition) is 0. The molecule has 1 heterocycles. The van der Waals surface area contributed by atoms with E-state index in [2.05, 4.69) is 89.7 Å². The van der Waals surface area contributed by atoms with Crippen LogP contribution in [0.5, 0.6) is 0 Å². The third-order valence-corrected chi connectivity index (χ3v) is 4.63. The first-order valence-corrected chi connectivity index (χ1v) is 8.00. The Morgan fingerprint density at radius 2 is 1.50 bits per heavy atom. The maximum Gasteiger partial charge on any atom is 0.203 e. The van der Waals surface area contributed by atoms with Crippen LogP contribution in [-0.2, 0) is 0 Å². The van der Waals surface area contributed by atoms with Gasteiger partial charge in [0.2, 0.25) is 6.04 Å². The summed E-state index contributed by atoms with van der Waals surface area (Å²) >= 11 is 0. The van der Waals surface area contributed by atoms with Gasteiger partial charge in [-0.2, -0.15) is 0 Å². The van der Waals surface area contributed by atoms with Crippen molar-refractivity contribution >= 4 is 6.21 Å². The van der Waals surface area contributed by atoms with Crippen LogP contribution in [0.15, 0.2) is 84.5 Å². The highest BCUT2D eigenvalue weighted by molar-refractivity contribution is 5.66. The second kappa shape index (κ2) is 5.76. The fourth-order valence-corrected chi connectivity index (χ4v) is 3.53. The van der Waals surface area contributed by atoms with E-state index in [1.165, 1.54) is 11.1 Å². The molecule has 0 bridgehead atoms. The van der Waals surface area contributed by atoms with Crippen LogP contribution in [0.1, 0.15) is 23.6 Å². The molecule has 0 spiro atoms. The Kier molecular flexibility index (Phi) is 3.48. The van der Waals surface area contributed by atoms with Gasteiger partial charge in [-0.3, -0.25) is 0 Å². The van der Waals surface area contributed by atoms with E-state index in [1.54, 1.807) is 5.57 Å². The molecule has 2 aliphatic rings. The molecule has 108 valence electrons. The molecule has 0 saturated heterocycles. The Hall–Kier alpha value is -2.41. The summed E-state index contributed by atoms with van der Waals surface area (Å²) in [5.74, 6) is 0.490. The van der Waals surface area contributed by atoms with E-state index in [4.69, 9.17) is 0 Å². The van der Waals surface area contributed by atoms with Gasteiger partial charge in [0.25, 0.3) is 0 Å². The van der Waals surface area contributed by atoms with E-state index in [0.29, 0.717) is 12.0 Å². The quantitative estimate of drug-likeness (QED) is 0.737. The van der Waals surface area contributed by atoms with Gasteiger partial charge in [0, 0.05) is 17.5 Å². The predicted octanol–water partition coefficient (Wildman–Crippen LogP) is 4.38. The largest absolute Gasteiger partial charge is 0.227 e. The summed E-state index contributed by atoms with van der Waals surface area (Å²) in [7, 11) is 0. The SMILES string of the molecule is C1=C[C@H]2C=[N+](C(c3ccccc3)c3ccccc3)CCC2=C1. The van der Waals surface area contributed by atoms with Crippen molar-refractivity contribution in [3.63, 3.8) is 0 Å². The first-order valence-electron chi connectivity index (χ1n) is 8.00. The van der Waals surface area contributed by atoms with Gasteiger partial charge in [-0.25, -0.2) is 4.58 Å². The molecule has 1 atom stereocenters. The van der Waals surface area contributed by atoms with Crippen LogP contribution < -0.4 is 0 Å². The smallest absolute Gasteiger partial charge is 0.203 e. The molecule has 22 heavy (non-hydrogen) atoms. The molecule has 0 aromatic heterocycles. The lowest BCUT2D eigenvalue weighted by Crippen LogP contribution is -2.29. The van der Waals surface area contributed by atoms with Crippen LogP contribution in [0.3, 0.4) is 0 Å². The third kappa shape index (κ3) is 2.43. The molecule has 0 saturated carbocycles. The van der Waals surface area contributed by atoms with Crippen molar-refractivity contribution in [3.05, 3.63) is 95.6 Å². The van der Waals surface area contributed by atoms with E-state index < -0.39 is 0 Å². The lowest BCUT2D eigenvalue weighted by Gasteiger charge is -2.22. The van der Waals surface area contributed by atoms with Crippen molar-refractivity contribution in [1.82, 2.24) is 0 Å². The van der Waals surface area contributed by atoms with Crippen molar-refractivity contribution in [2.45, 2.75) is 12.5 Å². The number of benzene rings is 2. The Morgan fingerprint density at radius 1 is 0.864 bits per heavy atom. The Bertz CT molecular complexity index is 698. The highest BCUT2D eigenvalue weighted by Gasteiger charge is 2.31. The minimum Gasteiger partial charge on any atom is -0.227 e. The van der Waals surface area contributed by atoms with Gasteiger partial charge < -0.3 is 0 Å². The van der Waals surface area contributed by atoms with E-state index >= 15 is 0 Å². The highest BCUT2D eigenvalue weighted by Crippen LogP contribution is 2.31. The Balaban J connectivity index is 1.78. The summed E-state index contributed by atoms with van der Waals surface area (Å²) in [5.41, 5.74) is 4.27. The molecule has 0 unspecified atom stereocenters. The Labute approximate surface area is 131 Å². The summed E-state index contributed by atoms with van der Waals surface area (Å²) in [4.78, 5) is 0. The molecule has 0 amide bonds. The van der Waals surface area contributed by atoms with Gasteiger partial charge in [-0.05, 0) is 5.57 Å². The van der Waals surface area contributed by atoms with Crippen LogP contribution in [0, 0.1) is 5.92 Å². The van der Waals surface area contributed by atoms with Gasteiger partial charge in [-0.15, -0.1) is 0 Å². The standard InChI is InChI=1S/C21H20N/c1-3-8-18(9-4-1)21(19-10-5-2-6-11-19)22-15-14-17-12-7-13-20(17)16-22/h1-13,16,20-21H,14-15H2/q+1/t20-/m0/s1. The lowest BCUT2D eigenvalue weighted by atomic mass is 9.93. The lowest BCUT2D eigenvalue weighted by molar-refractivity contribution is -0.561. The second-order valence-corrected chi connectivity index (χ2v) is 6.01. The molecule has 1 nitrogen and oxygen atoms in total. The predicted molar refractivity (Wildman–Crippen MR) is 91.2 cm³/mol. The molecule has 2 aromatic rings. The second-order valence-electron chi connectivity index (χ2n) is 6.01. The van der Waals surface area contributed by atoms with Crippen LogP contribution >= 0.6 is 0 Å². The van der Waals surface area contributed by atoms with E-state index in [0.717, 1.165) is 13.0 Å². The summed E-state index contributed by atoms with van der Waals surface area (Å²) in [6, 6.07) is 22.0. The van der Waals surface area contributed by atoms with Crippen molar-refractivity contribution in [2.75, 3.05) is 6.54 Å². The molecule has 2 aromatic carbocycles. The number of hydrogen-bond acceptors (Lipinski definition) is 0. The summed E-state index contributed by atoms with van der Waals surface area (Å²) in [6.07, 6.45) is 10.3. The minimum absolute atomic E-state index is 0.304. The molecule has 0 N–H and O–H groups in total. The van der Waals surface area contributed by atoms with Crippen LogP contribution in [0.25, 0.3) is 0 Å². The maximum absolute atomic E-state index is 2.52. The molecular formula is C21H20N+. The zero-order valence-electron chi connectivity index (χ0n) is 12.6. The first-order chi connectivity index (χ1) is 10.9. The molecule has 1 aliphatic heterocycles. The third-order valence-electron chi connectivity index (χ3n) is 4.63. The van der Waals surface area contributed by atoms with E-state index in [1.807, 2.05) is 0 Å². The zero-order valence-corrected chi connectivity index (χ0v) is 12.6. The fourth-order valence-electron chi connectivity index (χ4n) is 3.53. The number of rotatable bonds is 3. The monoisotopic (exact) mass is 286 g/mol. The molecular weight excluding hydrogens is 266 g/mol. The number of allylic oxidation sites excluding steroid dienone is 3. The van der Waals surface area contributed by atoms with Gasteiger partial charge in [-0.1, -0.05) is 78.9 Å².